The summed E-state index contributed by atoms with van der Waals surface area (Å²) in [6, 6.07) is 6.25. The van der Waals surface area contributed by atoms with E-state index >= 15 is 0 Å². The number of fused-ring (bicyclic) bond motifs is 1. The van der Waals surface area contributed by atoms with Crippen LogP contribution in [0.25, 0.3) is 0 Å². The number of rotatable bonds is 2. The van der Waals surface area contributed by atoms with Gasteiger partial charge in [0.15, 0.2) is 0 Å². The lowest BCUT2D eigenvalue weighted by Crippen LogP contribution is -1.91. The second-order valence-corrected chi connectivity index (χ2v) is 4.19. The SMILES string of the molecule is ON=C[C@@H]1CC1c1cccc2c1CCO2. The van der Waals surface area contributed by atoms with Gasteiger partial charge in [-0.1, -0.05) is 12.1 Å². The van der Waals surface area contributed by atoms with Crippen molar-refractivity contribution < 1.29 is 9.94 Å². The average Bonchev–Trinajstić information content (AvgIpc) is 2.84. The summed E-state index contributed by atoms with van der Waals surface area (Å²) in [5, 5.41) is 11.6. The van der Waals surface area contributed by atoms with Crippen LogP contribution in [0.3, 0.4) is 0 Å². The Balaban J connectivity index is 1.91. The largest absolute Gasteiger partial charge is 0.493 e. The van der Waals surface area contributed by atoms with Gasteiger partial charge in [0.05, 0.1) is 6.61 Å². The van der Waals surface area contributed by atoms with E-state index in [1.165, 1.54) is 11.1 Å². The summed E-state index contributed by atoms with van der Waals surface area (Å²) in [7, 11) is 0. The molecule has 1 aromatic rings. The van der Waals surface area contributed by atoms with Crippen molar-refractivity contribution in [3.05, 3.63) is 29.3 Å². The lowest BCUT2D eigenvalue weighted by molar-refractivity contribution is 0.320. The molecule has 3 rings (SSSR count). The molecule has 1 heterocycles. The topological polar surface area (TPSA) is 41.8 Å². The molecule has 0 aromatic heterocycles. The molecule has 0 radical (unpaired) electrons. The Morgan fingerprint density at radius 1 is 1.47 bits per heavy atom. The fourth-order valence-electron chi connectivity index (χ4n) is 2.42. The molecule has 1 aromatic carbocycles. The van der Waals surface area contributed by atoms with Crippen LogP contribution in [0, 0.1) is 5.92 Å². The minimum atomic E-state index is 0.419. The molecule has 1 aliphatic carbocycles. The lowest BCUT2D eigenvalue weighted by atomic mass is 10.0. The van der Waals surface area contributed by atoms with Crippen LogP contribution >= 0.6 is 0 Å². The number of benzene rings is 1. The zero-order valence-corrected chi connectivity index (χ0v) is 8.39. The van der Waals surface area contributed by atoms with Gasteiger partial charge in [-0.3, -0.25) is 0 Å². The average molecular weight is 203 g/mol. The first-order valence-corrected chi connectivity index (χ1v) is 5.32. The molecular formula is C12H13NO2. The third-order valence-electron chi connectivity index (χ3n) is 3.28. The van der Waals surface area contributed by atoms with E-state index in [9.17, 15) is 0 Å². The van der Waals surface area contributed by atoms with Gasteiger partial charge in [-0.2, -0.15) is 0 Å². The summed E-state index contributed by atoms with van der Waals surface area (Å²) in [6.07, 6.45) is 3.76. The van der Waals surface area contributed by atoms with Crippen LogP contribution < -0.4 is 4.74 Å². The number of hydrogen-bond donors (Lipinski definition) is 1. The highest BCUT2D eigenvalue weighted by molar-refractivity contribution is 5.67. The van der Waals surface area contributed by atoms with Gasteiger partial charge in [-0.05, 0) is 24.0 Å². The van der Waals surface area contributed by atoms with Crippen molar-refractivity contribution in [1.82, 2.24) is 0 Å². The maximum atomic E-state index is 8.48. The highest BCUT2D eigenvalue weighted by Gasteiger charge is 2.39. The first-order valence-electron chi connectivity index (χ1n) is 5.32. The van der Waals surface area contributed by atoms with Crippen LogP contribution in [0.15, 0.2) is 23.4 Å². The molecule has 78 valence electrons. The molecule has 3 heteroatoms. The maximum Gasteiger partial charge on any atom is 0.122 e. The normalized spacial score (nSPS) is 27.7. The maximum absolute atomic E-state index is 8.48. The Bertz CT molecular complexity index is 414. The molecule has 15 heavy (non-hydrogen) atoms. The third-order valence-corrected chi connectivity index (χ3v) is 3.28. The molecule has 3 nitrogen and oxygen atoms in total. The van der Waals surface area contributed by atoms with E-state index in [4.69, 9.17) is 9.94 Å². The van der Waals surface area contributed by atoms with Gasteiger partial charge in [-0.25, -0.2) is 0 Å². The summed E-state index contributed by atoms with van der Waals surface area (Å²) in [5.74, 6) is 2.00. The van der Waals surface area contributed by atoms with E-state index in [0.29, 0.717) is 11.8 Å². The van der Waals surface area contributed by atoms with Gasteiger partial charge in [0.25, 0.3) is 0 Å². The molecule has 0 saturated heterocycles. The highest BCUT2D eigenvalue weighted by atomic mass is 16.5. The van der Waals surface area contributed by atoms with Gasteiger partial charge in [0.1, 0.15) is 5.75 Å². The molecule has 0 spiro atoms. The number of hydrogen-bond acceptors (Lipinski definition) is 3. The van der Waals surface area contributed by atoms with Crippen molar-refractivity contribution in [3.8, 4) is 5.75 Å². The Kier molecular flexibility index (Phi) is 1.91. The van der Waals surface area contributed by atoms with Gasteiger partial charge in [-0.15, -0.1) is 5.16 Å². The molecule has 0 amide bonds. The zero-order chi connectivity index (χ0) is 10.3. The van der Waals surface area contributed by atoms with Crippen LogP contribution in [0.5, 0.6) is 5.75 Å². The van der Waals surface area contributed by atoms with E-state index in [1.54, 1.807) is 6.21 Å². The van der Waals surface area contributed by atoms with Gasteiger partial charge < -0.3 is 9.94 Å². The van der Waals surface area contributed by atoms with Crippen molar-refractivity contribution in [2.45, 2.75) is 18.8 Å². The molecule has 1 N–H and O–H groups in total. The van der Waals surface area contributed by atoms with Crippen molar-refractivity contribution in [3.63, 3.8) is 0 Å². The number of nitrogens with zero attached hydrogens (tertiary/aromatic N) is 1. The molecule has 1 saturated carbocycles. The summed E-state index contributed by atoms with van der Waals surface area (Å²) >= 11 is 0. The first kappa shape index (κ1) is 8.77. The Morgan fingerprint density at radius 2 is 2.40 bits per heavy atom. The fraction of sp³-hybridized carbons (Fsp3) is 0.417. The lowest BCUT2D eigenvalue weighted by Gasteiger charge is -2.04. The quantitative estimate of drug-likeness (QED) is 0.454. The van der Waals surface area contributed by atoms with Crippen LogP contribution in [-0.2, 0) is 6.42 Å². The van der Waals surface area contributed by atoms with Crippen LogP contribution in [-0.4, -0.2) is 18.0 Å². The molecule has 2 atom stereocenters. The highest BCUT2D eigenvalue weighted by Crippen LogP contribution is 2.49. The Labute approximate surface area is 88.4 Å². The minimum absolute atomic E-state index is 0.419. The van der Waals surface area contributed by atoms with Gasteiger partial charge in [0, 0.05) is 24.1 Å². The summed E-state index contributed by atoms with van der Waals surface area (Å²) in [5.41, 5.74) is 2.74. The summed E-state index contributed by atoms with van der Waals surface area (Å²) in [4.78, 5) is 0. The van der Waals surface area contributed by atoms with Crippen LogP contribution in [0.1, 0.15) is 23.5 Å². The number of ether oxygens (including phenoxy) is 1. The molecule has 1 fully saturated rings. The van der Waals surface area contributed by atoms with E-state index in [2.05, 4.69) is 11.2 Å². The monoisotopic (exact) mass is 203 g/mol. The Hall–Kier alpha value is -1.51. The van der Waals surface area contributed by atoms with Crippen LogP contribution in [0.2, 0.25) is 0 Å². The van der Waals surface area contributed by atoms with Crippen LogP contribution in [0.4, 0.5) is 0 Å². The van der Waals surface area contributed by atoms with Crippen molar-refractivity contribution in [2.75, 3.05) is 6.61 Å². The molecule has 0 bridgehead atoms. The second-order valence-electron chi connectivity index (χ2n) is 4.19. The standard InChI is InChI=1S/C12H13NO2/c14-13-7-8-6-11(8)9-2-1-3-12-10(9)4-5-15-12/h1-3,7-8,11,14H,4-6H2/t8-,11?/m0/s1. The van der Waals surface area contributed by atoms with Gasteiger partial charge >= 0.3 is 0 Å². The van der Waals surface area contributed by atoms with E-state index in [-0.39, 0.29) is 0 Å². The minimum Gasteiger partial charge on any atom is -0.493 e. The smallest absolute Gasteiger partial charge is 0.122 e. The molecular weight excluding hydrogens is 190 g/mol. The molecule has 1 aliphatic heterocycles. The van der Waals surface area contributed by atoms with E-state index < -0.39 is 0 Å². The van der Waals surface area contributed by atoms with Crippen molar-refractivity contribution in [2.24, 2.45) is 11.1 Å². The van der Waals surface area contributed by atoms with E-state index in [1.807, 2.05) is 12.1 Å². The predicted octanol–water partition coefficient (Wildman–Crippen LogP) is 2.18. The summed E-state index contributed by atoms with van der Waals surface area (Å²) < 4.78 is 5.53. The summed E-state index contributed by atoms with van der Waals surface area (Å²) in [6.45, 7) is 0.803. The van der Waals surface area contributed by atoms with Gasteiger partial charge in [0.2, 0.25) is 0 Å². The number of oxime groups is 1. The first-order chi connectivity index (χ1) is 7.40. The second kappa shape index (κ2) is 3.26. The molecule has 1 unspecified atom stereocenters. The predicted molar refractivity (Wildman–Crippen MR) is 56.8 cm³/mol. The van der Waals surface area contributed by atoms with Crippen molar-refractivity contribution in [1.29, 1.82) is 0 Å². The third kappa shape index (κ3) is 1.39. The van der Waals surface area contributed by atoms with E-state index in [0.717, 1.165) is 25.2 Å². The Morgan fingerprint density at radius 3 is 3.27 bits per heavy atom. The molecule has 2 aliphatic rings. The zero-order valence-electron chi connectivity index (χ0n) is 8.39. The fourth-order valence-corrected chi connectivity index (χ4v) is 2.42. The van der Waals surface area contributed by atoms with Crippen molar-refractivity contribution >= 4 is 6.21 Å².